The fourth-order valence-electron chi connectivity index (χ4n) is 3.47. The second kappa shape index (κ2) is 7.62. The molecule has 0 radical (unpaired) electrons. The van der Waals surface area contributed by atoms with Crippen LogP contribution in [-0.2, 0) is 6.18 Å². The maximum absolute atomic E-state index is 13.4. The van der Waals surface area contributed by atoms with Gasteiger partial charge in [-0.3, -0.25) is 4.90 Å². The van der Waals surface area contributed by atoms with Crippen LogP contribution in [-0.4, -0.2) is 31.1 Å². The van der Waals surface area contributed by atoms with Gasteiger partial charge >= 0.3 is 6.18 Å². The summed E-state index contributed by atoms with van der Waals surface area (Å²) in [5.41, 5.74) is -0.647. The third-order valence-electron chi connectivity index (χ3n) is 4.47. The van der Waals surface area contributed by atoms with Crippen LogP contribution in [0.2, 0.25) is 0 Å². The van der Waals surface area contributed by atoms with Gasteiger partial charge in [0.15, 0.2) is 0 Å². The van der Waals surface area contributed by atoms with Crippen LogP contribution < -0.4 is 5.32 Å². The molecule has 0 spiro atoms. The molecule has 23 heavy (non-hydrogen) atoms. The smallest absolute Gasteiger partial charge is 0.314 e. The zero-order valence-electron chi connectivity index (χ0n) is 13.6. The number of hydrogen-bond donors (Lipinski definition) is 1. The number of rotatable bonds is 5. The van der Waals surface area contributed by atoms with Crippen molar-refractivity contribution < 1.29 is 17.6 Å². The lowest BCUT2D eigenvalue weighted by Crippen LogP contribution is -2.47. The number of benzene rings is 1. The maximum Gasteiger partial charge on any atom is 0.416 e. The Balaban J connectivity index is 2.45. The molecule has 0 aromatic heterocycles. The van der Waals surface area contributed by atoms with E-state index >= 15 is 0 Å². The molecule has 2 nitrogen and oxygen atoms in total. The van der Waals surface area contributed by atoms with Crippen molar-refractivity contribution in [1.82, 2.24) is 10.2 Å². The quantitative estimate of drug-likeness (QED) is 0.812. The summed E-state index contributed by atoms with van der Waals surface area (Å²) in [5.74, 6) is -0.770. The van der Waals surface area contributed by atoms with Crippen LogP contribution in [0, 0.1) is 11.7 Å². The summed E-state index contributed by atoms with van der Waals surface area (Å²) in [6, 6.07) is 2.74. The second-order valence-electron chi connectivity index (χ2n) is 6.23. The molecule has 0 bridgehead atoms. The highest BCUT2D eigenvalue weighted by molar-refractivity contribution is 5.33. The topological polar surface area (TPSA) is 15.3 Å². The average molecular weight is 332 g/mol. The molecule has 0 amide bonds. The molecule has 2 rings (SSSR count). The van der Waals surface area contributed by atoms with Gasteiger partial charge in [0.2, 0.25) is 0 Å². The minimum Gasteiger partial charge on any atom is -0.314 e. The van der Waals surface area contributed by atoms with Gasteiger partial charge in [-0.05, 0) is 30.0 Å². The monoisotopic (exact) mass is 332 g/mol. The van der Waals surface area contributed by atoms with Gasteiger partial charge in [-0.15, -0.1) is 0 Å². The van der Waals surface area contributed by atoms with Gasteiger partial charge in [-0.2, -0.15) is 13.2 Å². The molecule has 1 aromatic carbocycles. The molecule has 0 aliphatic carbocycles. The van der Waals surface area contributed by atoms with Crippen LogP contribution >= 0.6 is 0 Å². The first-order valence-corrected chi connectivity index (χ1v) is 8.16. The van der Waals surface area contributed by atoms with Crippen molar-refractivity contribution in [1.29, 1.82) is 0 Å². The molecule has 6 heteroatoms. The summed E-state index contributed by atoms with van der Waals surface area (Å²) in [5, 5.41) is 3.22. The molecule has 1 aliphatic rings. The Hall–Kier alpha value is -1.14. The summed E-state index contributed by atoms with van der Waals surface area (Å²) in [6.07, 6.45) is -2.80. The number of nitrogens with one attached hydrogen (secondary N) is 1. The first-order chi connectivity index (χ1) is 10.8. The van der Waals surface area contributed by atoms with E-state index < -0.39 is 17.6 Å². The molecule has 1 heterocycles. The summed E-state index contributed by atoms with van der Waals surface area (Å²) >= 11 is 0. The highest BCUT2D eigenvalue weighted by Crippen LogP contribution is 2.40. The van der Waals surface area contributed by atoms with E-state index in [4.69, 9.17) is 0 Å². The van der Waals surface area contributed by atoms with E-state index in [2.05, 4.69) is 10.2 Å². The summed E-state index contributed by atoms with van der Waals surface area (Å²) in [4.78, 5) is 2.10. The lowest BCUT2D eigenvalue weighted by Gasteiger charge is -2.39. The third kappa shape index (κ3) is 4.44. The Morgan fingerprint density at radius 3 is 2.43 bits per heavy atom. The van der Waals surface area contributed by atoms with Crippen molar-refractivity contribution >= 4 is 0 Å². The van der Waals surface area contributed by atoms with Gasteiger partial charge in [0.1, 0.15) is 5.82 Å². The highest BCUT2D eigenvalue weighted by atomic mass is 19.4. The van der Waals surface area contributed by atoms with Crippen LogP contribution in [0.4, 0.5) is 17.6 Å². The van der Waals surface area contributed by atoms with E-state index in [0.29, 0.717) is 19.2 Å². The van der Waals surface area contributed by atoms with Crippen LogP contribution in [0.3, 0.4) is 0 Å². The minimum absolute atomic E-state index is 0.0738. The van der Waals surface area contributed by atoms with Crippen molar-refractivity contribution in [3.05, 3.63) is 35.1 Å². The van der Waals surface area contributed by atoms with Crippen molar-refractivity contribution in [3.63, 3.8) is 0 Å². The normalized spacial score (nSPS) is 19.6. The fraction of sp³-hybridized carbons (Fsp3) is 0.647. The Morgan fingerprint density at radius 1 is 1.22 bits per heavy atom. The van der Waals surface area contributed by atoms with E-state index in [1.54, 1.807) is 0 Å². The molecule has 1 aliphatic heterocycles. The predicted molar refractivity (Wildman–Crippen MR) is 82.7 cm³/mol. The van der Waals surface area contributed by atoms with Crippen molar-refractivity contribution in [3.8, 4) is 0 Å². The molecule has 1 aromatic rings. The van der Waals surface area contributed by atoms with E-state index in [1.165, 1.54) is 6.07 Å². The van der Waals surface area contributed by atoms with Crippen molar-refractivity contribution in [2.45, 2.75) is 38.9 Å². The van der Waals surface area contributed by atoms with Gasteiger partial charge in [0.05, 0.1) is 5.56 Å². The standard InChI is InChI=1S/C17H24F4N2/c1-3-4-12(2)16(23-9-7-22-8-10-23)14-6-5-13(18)11-15(14)17(19,20)21/h5-6,11-12,16,22H,3-4,7-10H2,1-2H3/t12?,16-/m0/s1. The van der Waals surface area contributed by atoms with Crippen LogP contribution in [0.5, 0.6) is 0 Å². The SMILES string of the molecule is CCCC(C)[C@@H](c1ccc(F)cc1C(F)(F)F)N1CCNCC1. The Kier molecular flexibility index (Phi) is 6.03. The van der Waals surface area contributed by atoms with Crippen LogP contribution in [0.1, 0.15) is 43.9 Å². The number of hydrogen-bond acceptors (Lipinski definition) is 2. The van der Waals surface area contributed by atoms with Gasteiger partial charge in [0.25, 0.3) is 0 Å². The van der Waals surface area contributed by atoms with E-state index in [1.807, 2.05) is 13.8 Å². The summed E-state index contributed by atoms with van der Waals surface area (Å²) in [7, 11) is 0. The molecule has 130 valence electrons. The van der Waals surface area contributed by atoms with Crippen LogP contribution in [0.15, 0.2) is 18.2 Å². The highest BCUT2D eigenvalue weighted by Gasteiger charge is 2.38. The van der Waals surface area contributed by atoms with Crippen LogP contribution in [0.25, 0.3) is 0 Å². The molecule has 1 saturated heterocycles. The van der Waals surface area contributed by atoms with E-state index in [9.17, 15) is 17.6 Å². The van der Waals surface area contributed by atoms with Crippen molar-refractivity contribution in [2.24, 2.45) is 5.92 Å². The van der Waals surface area contributed by atoms with Gasteiger partial charge < -0.3 is 5.32 Å². The Morgan fingerprint density at radius 2 is 1.87 bits per heavy atom. The minimum atomic E-state index is -4.55. The molecule has 1 unspecified atom stereocenters. The molecule has 1 N–H and O–H groups in total. The van der Waals surface area contributed by atoms with Gasteiger partial charge in [-0.1, -0.05) is 26.3 Å². The largest absolute Gasteiger partial charge is 0.416 e. The maximum atomic E-state index is 13.4. The molecular weight excluding hydrogens is 308 g/mol. The first kappa shape index (κ1) is 18.2. The molecule has 1 fully saturated rings. The lowest BCUT2D eigenvalue weighted by atomic mass is 9.86. The molecule has 2 atom stereocenters. The zero-order valence-corrected chi connectivity index (χ0v) is 13.6. The zero-order chi connectivity index (χ0) is 17.0. The first-order valence-electron chi connectivity index (χ1n) is 8.16. The number of nitrogens with zero attached hydrogens (tertiary/aromatic N) is 1. The predicted octanol–water partition coefficient (Wildman–Crippen LogP) is 4.23. The summed E-state index contributed by atoms with van der Waals surface area (Å²) in [6.45, 7) is 6.94. The number of halogens is 4. The van der Waals surface area contributed by atoms with Gasteiger partial charge in [0, 0.05) is 32.2 Å². The average Bonchev–Trinajstić information content (AvgIpc) is 2.49. The number of alkyl halides is 3. The Labute approximate surface area is 134 Å². The van der Waals surface area contributed by atoms with Crippen molar-refractivity contribution in [2.75, 3.05) is 26.2 Å². The van der Waals surface area contributed by atoms with Gasteiger partial charge in [-0.25, -0.2) is 4.39 Å². The Bertz CT molecular complexity index is 510. The molecule has 0 saturated carbocycles. The lowest BCUT2D eigenvalue weighted by molar-refractivity contribution is -0.139. The number of piperazine rings is 1. The molecular formula is C17H24F4N2. The second-order valence-corrected chi connectivity index (χ2v) is 6.23. The summed E-state index contributed by atoms with van der Waals surface area (Å²) < 4.78 is 53.6. The fourth-order valence-corrected chi connectivity index (χ4v) is 3.47. The third-order valence-corrected chi connectivity index (χ3v) is 4.47. The van der Waals surface area contributed by atoms with E-state index in [0.717, 1.165) is 32.0 Å². The van der Waals surface area contributed by atoms with E-state index in [-0.39, 0.29) is 17.5 Å².